The molecule has 202 valence electrons. The summed E-state index contributed by atoms with van der Waals surface area (Å²) in [5, 5.41) is 5.17. The van der Waals surface area contributed by atoms with Gasteiger partial charge in [-0.2, -0.15) is 0 Å². The summed E-state index contributed by atoms with van der Waals surface area (Å²) in [5.41, 5.74) is 11.3. The van der Waals surface area contributed by atoms with Crippen LogP contribution in [0.15, 0.2) is 66.7 Å². The molecule has 0 aliphatic carbocycles. The van der Waals surface area contributed by atoms with Crippen molar-refractivity contribution in [2.75, 3.05) is 40.0 Å². The van der Waals surface area contributed by atoms with Crippen molar-refractivity contribution >= 4 is 22.5 Å². The highest BCUT2D eigenvalue weighted by molar-refractivity contribution is 6.31. The van der Waals surface area contributed by atoms with E-state index >= 15 is 0 Å². The Bertz CT molecular complexity index is 1280. The average molecular weight is 538 g/mol. The average Bonchev–Trinajstić information content (AvgIpc) is 3.27. The van der Waals surface area contributed by atoms with Crippen molar-refractivity contribution in [1.82, 2.24) is 10.3 Å². The second-order valence-corrected chi connectivity index (χ2v) is 9.89. The third-order valence-electron chi connectivity index (χ3n) is 6.72. The third kappa shape index (κ3) is 7.35. The summed E-state index contributed by atoms with van der Waals surface area (Å²) in [6.45, 7) is 3.92. The van der Waals surface area contributed by atoms with Gasteiger partial charge in [-0.3, -0.25) is 0 Å². The topological polar surface area (TPSA) is 72.3 Å². The highest BCUT2D eigenvalue weighted by Gasteiger charge is 2.24. The van der Waals surface area contributed by atoms with Gasteiger partial charge in [0.05, 0.1) is 6.61 Å². The largest absolute Gasteiger partial charge is 0.494 e. The van der Waals surface area contributed by atoms with Crippen LogP contribution in [0.25, 0.3) is 10.9 Å². The minimum Gasteiger partial charge on any atom is -0.494 e. The van der Waals surface area contributed by atoms with Crippen LogP contribution in [0.4, 0.5) is 4.39 Å². The fraction of sp³-hybridized carbons (Fsp3) is 0.355. The van der Waals surface area contributed by atoms with Gasteiger partial charge < -0.3 is 25.5 Å². The predicted molar refractivity (Wildman–Crippen MR) is 154 cm³/mol. The second kappa shape index (κ2) is 14.3. The van der Waals surface area contributed by atoms with Crippen LogP contribution in [0.1, 0.15) is 47.6 Å². The lowest BCUT2D eigenvalue weighted by Gasteiger charge is -2.20. The molecule has 0 saturated heterocycles. The summed E-state index contributed by atoms with van der Waals surface area (Å²) in [7, 11) is 1.73. The molecule has 1 aromatic heterocycles. The standard InChI is InChI=1S/C31H37ClFN3O2/c1-37-19-4-18-35-17-2-3-20-38-26-12-7-23(8-13-26)30(22-5-10-25(33)11-6-22)31-27(15-16-34)28-21-24(32)9-14-29(28)36-31/h5-14,21,30,35-36H,2-4,15-20,34H2,1H3. The van der Waals surface area contributed by atoms with Crippen LogP contribution in [0.5, 0.6) is 5.75 Å². The van der Waals surface area contributed by atoms with E-state index in [1.54, 1.807) is 7.11 Å². The van der Waals surface area contributed by atoms with Crippen molar-refractivity contribution < 1.29 is 13.9 Å². The number of hydrogen-bond acceptors (Lipinski definition) is 4. The summed E-state index contributed by atoms with van der Waals surface area (Å²) >= 11 is 6.33. The highest BCUT2D eigenvalue weighted by Crippen LogP contribution is 2.38. The van der Waals surface area contributed by atoms with Gasteiger partial charge in [0, 0.05) is 41.3 Å². The number of rotatable bonds is 15. The molecule has 4 aromatic rings. The quantitative estimate of drug-likeness (QED) is 0.153. The molecule has 0 bridgehead atoms. The first-order valence-electron chi connectivity index (χ1n) is 13.3. The summed E-state index contributed by atoms with van der Waals surface area (Å²) in [5.74, 6) is 0.457. The van der Waals surface area contributed by atoms with E-state index in [4.69, 9.17) is 26.8 Å². The Hall–Kier alpha value is -2.90. The van der Waals surface area contributed by atoms with E-state index in [1.165, 1.54) is 12.1 Å². The number of aromatic amines is 1. The van der Waals surface area contributed by atoms with Gasteiger partial charge in [0.2, 0.25) is 0 Å². The molecule has 38 heavy (non-hydrogen) atoms. The monoisotopic (exact) mass is 537 g/mol. The zero-order valence-corrected chi connectivity index (χ0v) is 22.7. The van der Waals surface area contributed by atoms with E-state index in [0.29, 0.717) is 24.6 Å². The number of fused-ring (bicyclic) bond motifs is 1. The van der Waals surface area contributed by atoms with Gasteiger partial charge in [0.1, 0.15) is 11.6 Å². The van der Waals surface area contributed by atoms with E-state index in [2.05, 4.69) is 22.4 Å². The fourth-order valence-electron chi connectivity index (χ4n) is 4.85. The number of methoxy groups -OCH3 is 1. The van der Waals surface area contributed by atoms with Crippen molar-refractivity contribution in [3.8, 4) is 5.75 Å². The van der Waals surface area contributed by atoms with Gasteiger partial charge in [-0.1, -0.05) is 35.9 Å². The molecule has 0 fully saturated rings. The molecule has 0 saturated carbocycles. The number of unbranched alkanes of at least 4 members (excludes halogenated alkanes) is 1. The number of H-pyrrole nitrogens is 1. The third-order valence-corrected chi connectivity index (χ3v) is 6.95. The first-order chi connectivity index (χ1) is 18.6. The summed E-state index contributed by atoms with van der Waals surface area (Å²) in [4.78, 5) is 3.62. The number of ether oxygens (including phenoxy) is 2. The number of hydrogen-bond donors (Lipinski definition) is 3. The smallest absolute Gasteiger partial charge is 0.123 e. The second-order valence-electron chi connectivity index (χ2n) is 9.45. The van der Waals surface area contributed by atoms with Gasteiger partial charge in [0.25, 0.3) is 0 Å². The molecule has 0 radical (unpaired) electrons. The number of nitrogens with two attached hydrogens (primary N) is 1. The molecule has 0 spiro atoms. The Kier molecular flexibility index (Phi) is 10.6. The molecule has 4 N–H and O–H groups in total. The lowest BCUT2D eigenvalue weighted by Crippen LogP contribution is -2.18. The van der Waals surface area contributed by atoms with Crippen LogP contribution in [0, 0.1) is 5.82 Å². The highest BCUT2D eigenvalue weighted by atomic mass is 35.5. The van der Waals surface area contributed by atoms with Crippen LogP contribution in [0.3, 0.4) is 0 Å². The van der Waals surface area contributed by atoms with E-state index < -0.39 is 0 Å². The van der Waals surface area contributed by atoms with Crippen molar-refractivity contribution in [2.24, 2.45) is 5.73 Å². The van der Waals surface area contributed by atoms with Gasteiger partial charge in [-0.05, 0) is 104 Å². The number of benzene rings is 3. The predicted octanol–water partition coefficient (Wildman–Crippen LogP) is 6.43. The van der Waals surface area contributed by atoms with Gasteiger partial charge in [0.15, 0.2) is 0 Å². The van der Waals surface area contributed by atoms with Gasteiger partial charge in [-0.15, -0.1) is 0 Å². The van der Waals surface area contributed by atoms with Gasteiger partial charge in [-0.25, -0.2) is 4.39 Å². The first-order valence-corrected chi connectivity index (χ1v) is 13.7. The molecular weight excluding hydrogens is 501 g/mol. The van der Waals surface area contributed by atoms with Crippen LogP contribution >= 0.6 is 11.6 Å². The van der Waals surface area contributed by atoms with E-state index in [0.717, 1.165) is 78.0 Å². The molecule has 0 amide bonds. The molecule has 4 rings (SSSR count). The molecule has 1 unspecified atom stereocenters. The Morgan fingerprint density at radius 2 is 1.63 bits per heavy atom. The molecule has 1 atom stereocenters. The zero-order valence-electron chi connectivity index (χ0n) is 21.9. The normalized spacial score (nSPS) is 12.2. The van der Waals surface area contributed by atoms with Crippen LogP contribution < -0.4 is 15.8 Å². The van der Waals surface area contributed by atoms with E-state index in [1.807, 2.05) is 42.5 Å². The minimum atomic E-state index is -0.257. The maximum atomic E-state index is 13.8. The zero-order chi connectivity index (χ0) is 26.7. The maximum Gasteiger partial charge on any atom is 0.123 e. The van der Waals surface area contributed by atoms with Gasteiger partial charge >= 0.3 is 0 Å². The molecule has 1 heterocycles. The van der Waals surface area contributed by atoms with Crippen molar-refractivity contribution in [3.05, 3.63) is 100.0 Å². The number of aromatic nitrogens is 1. The molecule has 0 aliphatic rings. The number of nitrogens with one attached hydrogen (secondary N) is 2. The first kappa shape index (κ1) is 28.1. The lowest BCUT2D eigenvalue weighted by molar-refractivity contribution is 0.194. The van der Waals surface area contributed by atoms with E-state index in [-0.39, 0.29) is 11.7 Å². The van der Waals surface area contributed by atoms with Crippen LogP contribution in [-0.4, -0.2) is 44.9 Å². The van der Waals surface area contributed by atoms with E-state index in [9.17, 15) is 4.39 Å². The molecular formula is C31H37ClFN3O2. The maximum absolute atomic E-state index is 13.8. The molecule has 7 heteroatoms. The molecule has 3 aromatic carbocycles. The summed E-state index contributed by atoms with van der Waals surface area (Å²) in [6.07, 6.45) is 3.78. The number of halogens is 2. The Labute approximate surface area is 229 Å². The van der Waals surface area contributed by atoms with Crippen LogP contribution in [0.2, 0.25) is 5.02 Å². The Morgan fingerprint density at radius 3 is 2.34 bits per heavy atom. The van der Waals surface area contributed by atoms with Crippen molar-refractivity contribution in [1.29, 1.82) is 0 Å². The Balaban J connectivity index is 1.51. The Morgan fingerprint density at radius 1 is 0.921 bits per heavy atom. The fourth-order valence-corrected chi connectivity index (χ4v) is 5.02. The molecule has 0 aliphatic heterocycles. The minimum absolute atomic E-state index is 0.124. The molecule has 5 nitrogen and oxygen atoms in total. The SMILES string of the molecule is COCCCNCCCCOc1ccc(C(c2ccc(F)cc2)c2[nH]c3ccc(Cl)cc3c2CCN)cc1. The lowest BCUT2D eigenvalue weighted by atomic mass is 9.86. The van der Waals surface area contributed by atoms with Crippen LogP contribution in [-0.2, 0) is 11.2 Å². The van der Waals surface area contributed by atoms with Crippen molar-refractivity contribution in [3.63, 3.8) is 0 Å². The van der Waals surface area contributed by atoms with Crippen molar-refractivity contribution in [2.45, 2.75) is 31.6 Å². The summed E-state index contributed by atoms with van der Waals surface area (Å²) < 4.78 is 24.9. The summed E-state index contributed by atoms with van der Waals surface area (Å²) in [6, 6.07) is 20.8.